The van der Waals surface area contributed by atoms with Gasteiger partial charge < -0.3 is 5.32 Å². The number of nitro groups is 1. The number of nitrogens with zero attached hydrogens (tertiary/aromatic N) is 5. The first-order chi connectivity index (χ1) is 13.2. The van der Waals surface area contributed by atoms with E-state index >= 15 is 0 Å². The lowest BCUT2D eigenvalue weighted by Gasteiger charge is -2.11. The number of fused-ring (bicyclic) bond motifs is 3. The Balaban J connectivity index is 1.78. The second kappa shape index (κ2) is 6.01. The predicted octanol–water partition coefficient (Wildman–Crippen LogP) is 3.67. The number of benzene rings is 2. The van der Waals surface area contributed by atoms with Crippen LogP contribution in [0, 0.1) is 16.0 Å². The molecule has 0 radical (unpaired) electrons. The summed E-state index contributed by atoms with van der Waals surface area (Å²) in [5.41, 5.74) is 1.85. The number of hydrogen-bond donors (Lipinski definition) is 1. The number of nitrogens with one attached hydrogen (secondary N) is 1. The fraction of sp³-hybridized carbons (Fsp3) is 0.211. The molecule has 134 valence electrons. The van der Waals surface area contributed by atoms with Gasteiger partial charge in [0.15, 0.2) is 11.5 Å². The highest BCUT2D eigenvalue weighted by Crippen LogP contribution is 2.33. The summed E-state index contributed by atoms with van der Waals surface area (Å²) in [5.74, 6) is 1.67. The van der Waals surface area contributed by atoms with Crippen molar-refractivity contribution in [2.24, 2.45) is 5.92 Å². The van der Waals surface area contributed by atoms with Crippen LogP contribution >= 0.6 is 0 Å². The van der Waals surface area contributed by atoms with Gasteiger partial charge in [-0.3, -0.25) is 10.1 Å². The maximum absolute atomic E-state index is 11.5. The molecule has 1 N–H and O–H groups in total. The van der Waals surface area contributed by atoms with Crippen LogP contribution in [0.1, 0.15) is 12.8 Å². The van der Waals surface area contributed by atoms with Crippen LogP contribution in [-0.2, 0) is 0 Å². The van der Waals surface area contributed by atoms with E-state index in [0.717, 1.165) is 17.4 Å². The first kappa shape index (κ1) is 15.7. The molecule has 2 aromatic heterocycles. The Hall–Kier alpha value is -3.55. The zero-order valence-electron chi connectivity index (χ0n) is 14.4. The molecule has 1 aliphatic carbocycles. The number of nitro benzene ring substituents is 1. The molecule has 5 rings (SSSR count). The van der Waals surface area contributed by atoms with Crippen molar-refractivity contribution in [2.45, 2.75) is 12.8 Å². The molecule has 0 amide bonds. The van der Waals surface area contributed by atoms with Gasteiger partial charge in [-0.15, -0.1) is 10.2 Å². The molecule has 1 fully saturated rings. The number of rotatable bonds is 5. The molecule has 0 atom stereocenters. The molecule has 0 spiro atoms. The van der Waals surface area contributed by atoms with Crippen molar-refractivity contribution in [1.82, 2.24) is 19.6 Å². The summed E-state index contributed by atoms with van der Waals surface area (Å²) in [6.45, 7) is 0.814. The molecule has 0 bridgehead atoms. The third-order valence-corrected chi connectivity index (χ3v) is 4.83. The second-order valence-corrected chi connectivity index (χ2v) is 6.73. The van der Waals surface area contributed by atoms with E-state index in [1.807, 2.05) is 24.3 Å². The quantitative estimate of drug-likeness (QED) is 0.431. The Morgan fingerprint density at radius 1 is 1.11 bits per heavy atom. The highest BCUT2D eigenvalue weighted by atomic mass is 16.6. The van der Waals surface area contributed by atoms with Crippen LogP contribution in [0.2, 0.25) is 0 Å². The average molecular weight is 360 g/mol. The SMILES string of the molecule is O=[N+]([O-])c1ccccc1-c1nnc2c3ccccc3nc(NCC3CC3)n12. The molecule has 27 heavy (non-hydrogen) atoms. The Morgan fingerprint density at radius 3 is 2.70 bits per heavy atom. The van der Waals surface area contributed by atoms with Crippen molar-refractivity contribution in [3.8, 4) is 11.4 Å². The lowest BCUT2D eigenvalue weighted by molar-refractivity contribution is -0.384. The zero-order chi connectivity index (χ0) is 18.4. The van der Waals surface area contributed by atoms with E-state index in [1.165, 1.54) is 18.9 Å². The molecule has 0 unspecified atom stereocenters. The Labute approximate surface area is 154 Å². The second-order valence-electron chi connectivity index (χ2n) is 6.73. The molecule has 8 nitrogen and oxygen atoms in total. The minimum Gasteiger partial charge on any atom is -0.355 e. The molecule has 4 aromatic rings. The van der Waals surface area contributed by atoms with Gasteiger partial charge in [-0.2, -0.15) is 0 Å². The molecule has 2 aromatic carbocycles. The van der Waals surface area contributed by atoms with Gasteiger partial charge in [-0.1, -0.05) is 24.3 Å². The van der Waals surface area contributed by atoms with E-state index in [4.69, 9.17) is 4.98 Å². The lowest BCUT2D eigenvalue weighted by atomic mass is 10.1. The molecule has 0 saturated heterocycles. The predicted molar refractivity (Wildman–Crippen MR) is 102 cm³/mol. The summed E-state index contributed by atoms with van der Waals surface area (Å²) in [4.78, 5) is 15.8. The van der Waals surface area contributed by atoms with E-state index in [-0.39, 0.29) is 5.69 Å². The number of hydrogen-bond acceptors (Lipinski definition) is 6. The van der Waals surface area contributed by atoms with E-state index in [2.05, 4.69) is 15.5 Å². The number of anilines is 1. The zero-order valence-corrected chi connectivity index (χ0v) is 14.4. The number of para-hydroxylation sites is 2. The van der Waals surface area contributed by atoms with Crippen molar-refractivity contribution in [3.63, 3.8) is 0 Å². The first-order valence-corrected chi connectivity index (χ1v) is 8.84. The van der Waals surface area contributed by atoms with Gasteiger partial charge in [0.25, 0.3) is 5.69 Å². The van der Waals surface area contributed by atoms with Gasteiger partial charge in [0.1, 0.15) is 0 Å². The summed E-state index contributed by atoms with van der Waals surface area (Å²) < 4.78 is 1.78. The van der Waals surface area contributed by atoms with Crippen molar-refractivity contribution in [3.05, 3.63) is 58.6 Å². The van der Waals surface area contributed by atoms with Crippen molar-refractivity contribution in [2.75, 3.05) is 11.9 Å². The van der Waals surface area contributed by atoms with Gasteiger partial charge in [-0.05, 0) is 37.0 Å². The third-order valence-electron chi connectivity index (χ3n) is 4.83. The molecule has 1 saturated carbocycles. The minimum absolute atomic E-state index is 0.00639. The molecule has 1 aliphatic rings. The van der Waals surface area contributed by atoms with Crippen LogP contribution in [0.4, 0.5) is 11.6 Å². The van der Waals surface area contributed by atoms with Crippen LogP contribution in [-0.4, -0.2) is 31.1 Å². The average Bonchev–Trinajstić information content (AvgIpc) is 3.42. The summed E-state index contributed by atoms with van der Waals surface area (Å²) in [6, 6.07) is 14.3. The Kier molecular flexibility index (Phi) is 3.49. The lowest BCUT2D eigenvalue weighted by Crippen LogP contribution is -2.10. The van der Waals surface area contributed by atoms with E-state index < -0.39 is 4.92 Å². The first-order valence-electron chi connectivity index (χ1n) is 8.84. The molecule has 8 heteroatoms. The van der Waals surface area contributed by atoms with Gasteiger partial charge in [0, 0.05) is 18.0 Å². The molecular formula is C19H16N6O2. The molecule has 0 aliphatic heterocycles. The molecular weight excluding hydrogens is 344 g/mol. The van der Waals surface area contributed by atoms with Crippen LogP contribution in [0.15, 0.2) is 48.5 Å². The van der Waals surface area contributed by atoms with Gasteiger partial charge >= 0.3 is 0 Å². The summed E-state index contributed by atoms with van der Waals surface area (Å²) >= 11 is 0. The fourth-order valence-electron chi connectivity index (χ4n) is 3.26. The highest BCUT2D eigenvalue weighted by molar-refractivity contribution is 5.93. The van der Waals surface area contributed by atoms with Crippen LogP contribution in [0.3, 0.4) is 0 Å². The maximum atomic E-state index is 11.5. The smallest absolute Gasteiger partial charge is 0.280 e. The van der Waals surface area contributed by atoms with E-state index in [0.29, 0.717) is 28.9 Å². The number of aromatic nitrogens is 4. The monoisotopic (exact) mass is 360 g/mol. The standard InChI is InChI=1S/C19H16N6O2/c26-25(27)16-8-4-2-6-14(16)18-23-22-17-13-5-1-3-7-15(13)21-19(24(17)18)20-11-12-9-10-12/h1-8,12H,9-11H2,(H,20,21). The maximum Gasteiger partial charge on any atom is 0.280 e. The largest absolute Gasteiger partial charge is 0.355 e. The van der Waals surface area contributed by atoms with Gasteiger partial charge in [-0.25, -0.2) is 9.38 Å². The normalized spacial score (nSPS) is 13.9. The summed E-state index contributed by atoms with van der Waals surface area (Å²) in [7, 11) is 0. The van der Waals surface area contributed by atoms with E-state index in [9.17, 15) is 10.1 Å². The van der Waals surface area contributed by atoms with Gasteiger partial charge in [0.05, 0.1) is 16.0 Å². The third kappa shape index (κ3) is 2.66. The summed E-state index contributed by atoms with van der Waals surface area (Å²) in [6.07, 6.45) is 2.42. The van der Waals surface area contributed by atoms with Gasteiger partial charge in [0.2, 0.25) is 5.95 Å². The van der Waals surface area contributed by atoms with E-state index in [1.54, 1.807) is 22.6 Å². The van der Waals surface area contributed by atoms with Crippen molar-refractivity contribution < 1.29 is 4.92 Å². The minimum atomic E-state index is -0.401. The summed E-state index contributed by atoms with van der Waals surface area (Å²) in [5, 5.41) is 24.4. The Bertz CT molecular complexity index is 1180. The topological polar surface area (TPSA) is 98.2 Å². The van der Waals surface area contributed by atoms with Crippen LogP contribution < -0.4 is 5.32 Å². The van der Waals surface area contributed by atoms with Crippen molar-refractivity contribution in [1.29, 1.82) is 0 Å². The highest BCUT2D eigenvalue weighted by Gasteiger charge is 2.24. The fourth-order valence-corrected chi connectivity index (χ4v) is 3.26. The van der Waals surface area contributed by atoms with Crippen molar-refractivity contribution >= 4 is 28.2 Å². The molecule has 2 heterocycles. The Morgan fingerprint density at radius 2 is 1.89 bits per heavy atom. The van der Waals surface area contributed by atoms with Crippen LogP contribution in [0.25, 0.3) is 27.9 Å². The van der Waals surface area contributed by atoms with Crippen LogP contribution in [0.5, 0.6) is 0 Å².